The first-order valence-electron chi connectivity index (χ1n) is 8.83. The standard InChI is InChI=1S/C22H20O7/c1-22(2,3)21(25)29-15-9-10-16-17(11-15)27-12-18(19(16)23)28-14-7-5-13(6-8-14)20(24)26-4/h5-12H,1-4H3. The maximum absolute atomic E-state index is 12.7. The van der Waals surface area contributed by atoms with Gasteiger partial charge in [-0.2, -0.15) is 0 Å². The number of benzene rings is 2. The first-order chi connectivity index (χ1) is 13.7. The third-order valence-electron chi connectivity index (χ3n) is 4.04. The van der Waals surface area contributed by atoms with Crippen molar-refractivity contribution in [2.75, 3.05) is 7.11 Å². The van der Waals surface area contributed by atoms with Crippen LogP contribution >= 0.6 is 0 Å². The van der Waals surface area contributed by atoms with Gasteiger partial charge in [-0.3, -0.25) is 9.59 Å². The summed E-state index contributed by atoms with van der Waals surface area (Å²) < 4.78 is 21.0. The summed E-state index contributed by atoms with van der Waals surface area (Å²) >= 11 is 0. The summed E-state index contributed by atoms with van der Waals surface area (Å²) in [5.41, 5.74) is -0.404. The van der Waals surface area contributed by atoms with Gasteiger partial charge in [0.05, 0.1) is 23.5 Å². The summed E-state index contributed by atoms with van der Waals surface area (Å²) in [6.07, 6.45) is 1.19. The smallest absolute Gasteiger partial charge is 0.337 e. The molecule has 0 radical (unpaired) electrons. The van der Waals surface area contributed by atoms with E-state index >= 15 is 0 Å². The van der Waals surface area contributed by atoms with Crippen LogP contribution in [0, 0.1) is 5.41 Å². The lowest BCUT2D eigenvalue weighted by Gasteiger charge is -2.16. The Bertz CT molecular complexity index is 1120. The van der Waals surface area contributed by atoms with E-state index in [9.17, 15) is 14.4 Å². The van der Waals surface area contributed by atoms with Crippen molar-refractivity contribution in [2.24, 2.45) is 5.41 Å². The third-order valence-corrected chi connectivity index (χ3v) is 4.04. The first-order valence-corrected chi connectivity index (χ1v) is 8.83. The van der Waals surface area contributed by atoms with Gasteiger partial charge >= 0.3 is 11.9 Å². The van der Waals surface area contributed by atoms with E-state index < -0.39 is 17.4 Å². The molecule has 0 aliphatic carbocycles. The summed E-state index contributed by atoms with van der Waals surface area (Å²) in [7, 11) is 1.29. The Balaban J connectivity index is 1.85. The first kappa shape index (κ1) is 20.1. The van der Waals surface area contributed by atoms with Crippen molar-refractivity contribution in [3.63, 3.8) is 0 Å². The van der Waals surface area contributed by atoms with Gasteiger partial charge in [0.15, 0.2) is 0 Å². The minimum absolute atomic E-state index is 0.0113. The highest BCUT2D eigenvalue weighted by molar-refractivity contribution is 5.89. The van der Waals surface area contributed by atoms with Crippen molar-refractivity contribution < 1.29 is 28.2 Å². The van der Waals surface area contributed by atoms with Gasteiger partial charge in [-0.1, -0.05) is 0 Å². The molecule has 0 unspecified atom stereocenters. The van der Waals surface area contributed by atoms with Crippen molar-refractivity contribution in [2.45, 2.75) is 20.8 Å². The number of methoxy groups -OCH3 is 1. The van der Waals surface area contributed by atoms with Crippen LogP contribution in [0.15, 0.2) is 57.9 Å². The fourth-order valence-electron chi connectivity index (χ4n) is 2.39. The van der Waals surface area contributed by atoms with Crippen LogP contribution in [-0.2, 0) is 9.53 Å². The molecule has 0 fully saturated rings. The summed E-state index contributed by atoms with van der Waals surface area (Å²) in [5.74, 6) is -0.227. The molecule has 3 aromatic rings. The average molecular weight is 396 g/mol. The normalized spacial score (nSPS) is 11.2. The zero-order valence-electron chi connectivity index (χ0n) is 16.5. The number of hydrogen-bond acceptors (Lipinski definition) is 7. The molecule has 1 aromatic heterocycles. The molecular weight excluding hydrogens is 376 g/mol. The number of rotatable bonds is 4. The highest BCUT2D eigenvalue weighted by Crippen LogP contribution is 2.26. The van der Waals surface area contributed by atoms with Crippen LogP contribution in [0.1, 0.15) is 31.1 Å². The number of carbonyl (C=O) groups is 2. The van der Waals surface area contributed by atoms with Crippen molar-refractivity contribution in [3.05, 3.63) is 64.5 Å². The molecule has 0 bridgehead atoms. The molecule has 0 N–H and O–H groups in total. The predicted molar refractivity (Wildman–Crippen MR) is 105 cm³/mol. The highest BCUT2D eigenvalue weighted by Gasteiger charge is 2.24. The molecule has 0 amide bonds. The molecule has 7 heteroatoms. The number of carbonyl (C=O) groups excluding carboxylic acids is 2. The van der Waals surface area contributed by atoms with Gasteiger partial charge in [-0.15, -0.1) is 0 Å². The molecule has 2 aromatic carbocycles. The number of esters is 2. The van der Waals surface area contributed by atoms with Gasteiger partial charge in [0.25, 0.3) is 0 Å². The SMILES string of the molecule is COC(=O)c1ccc(Oc2coc3cc(OC(=O)C(C)(C)C)ccc3c2=O)cc1. The maximum atomic E-state index is 12.7. The second-order valence-corrected chi connectivity index (χ2v) is 7.34. The zero-order valence-corrected chi connectivity index (χ0v) is 16.5. The Hall–Kier alpha value is -3.61. The van der Waals surface area contributed by atoms with Gasteiger partial charge < -0.3 is 18.6 Å². The molecule has 0 saturated carbocycles. The Kier molecular flexibility index (Phi) is 5.41. The fourth-order valence-corrected chi connectivity index (χ4v) is 2.39. The van der Waals surface area contributed by atoms with E-state index in [0.717, 1.165) is 0 Å². The molecule has 150 valence electrons. The van der Waals surface area contributed by atoms with Crippen molar-refractivity contribution in [3.8, 4) is 17.2 Å². The molecule has 0 spiro atoms. The van der Waals surface area contributed by atoms with Crippen molar-refractivity contribution in [1.29, 1.82) is 0 Å². The monoisotopic (exact) mass is 396 g/mol. The molecular formula is C22H20O7. The van der Waals surface area contributed by atoms with Crippen LogP contribution in [0.2, 0.25) is 0 Å². The third kappa shape index (κ3) is 4.45. The van der Waals surface area contributed by atoms with Gasteiger partial charge in [-0.25, -0.2) is 4.79 Å². The van der Waals surface area contributed by atoms with E-state index in [1.165, 1.54) is 43.7 Å². The second-order valence-electron chi connectivity index (χ2n) is 7.34. The van der Waals surface area contributed by atoms with Crippen LogP contribution in [0.3, 0.4) is 0 Å². The summed E-state index contributed by atoms with van der Waals surface area (Å²) in [5, 5.41) is 0.282. The molecule has 7 nitrogen and oxygen atoms in total. The number of ether oxygens (including phenoxy) is 3. The largest absolute Gasteiger partial charge is 0.465 e. The van der Waals surface area contributed by atoms with Crippen molar-refractivity contribution >= 4 is 22.9 Å². The quantitative estimate of drug-likeness (QED) is 0.479. The van der Waals surface area contributed by atoms with Crippen LogP contribution in [0.25, 0.3) is 11.0 Å². The lowest BCUT2D eigenvalue weighted by Crippen LogP contribution is -2.25. The van der Waals surface area contributed by atoms with Gasteiger partial charge in [0.1, 0.15) is 23.3 Å². The zero-order chi connectivity index (χ0) is 21.2. The average Bonchev–Trinajstić information content (AvgIpc) is 2.69. The van der Waals surface area contributed by atoms with Crippen LogP contribution in [-0.4, -0.2) is 19.0 Å². The fraction of sp³-hybridized carbons (Fsp3) is 0.227. The van der Waals surface area contributed by atoms with E-state index in [4.69, 9.17) is 13.9 Å². The molecule has 3 rings (SSSR count). The summed E-state index contributed by atoms with van der Waals surface area (Å²) in [6, 6.07) is 10.7. The molecule has 0 saturated heterocycles. The highest BCUT2D eigenvalue weighted by atomic mass is 16.5. The van der Waals surface area contributed by atoms with Gasteiger partial charge in [0.2, 0.25) is 11.2 Å². The molecule has 1 heterocycles. The van der Waals surface area contributed by atoms with Crippen LogP contribution < -0.4 is 14.9 Å². The minimum Gasteiger partial charge on any atom is -0.465 e. The van der Waals surface area contributed by atoms with E-state index in [-0.39, 0.29) is 27.9 Å². The Morgan fingerprint density at radius 1 is 0.966 bits per heavy atom. The lowest BCUT2D eigenvalue weighted by molar-refractivity contribution is -0.142. The van der Waals surface area contributed by atoms with Gasteiger partial charge in [0, 0.05) is 6.07 Å². The summed E-state index contributed by atoms with van der Waals surface area (Å²) in [4.78, 5) is 36.2. The summed E-state index contributed by atoms with van der Waals surface area (Å²) in [6.45, 7) is 5.24. The predicted octanol–water partition coefficient (Wildman–Crippen LogP) is 4.32. The Morgan fingerprint density at radius 3 is 2.24 bits per heavy atom. The van der Waals surface area contributed by atoms with Gasteiger partial charge in [-0.05, 0) is 57.2 Å². The molecule has 29 heavy (non-hydrogen) atoms. The Morgan fingerprint density at radius 2 is 1.62 bits per heavy atom. The number of hydrogen-bond donors (Lipinski definition) is 0. The van der Waals surface area contributed by atoms with E-state index in [1.54, 1.807) is 32.9 Å². The van der Waals surface area contributed by atoms with Crippen molar-refractivity contribution in [1.82, 2.24) is 0 Å². The van der Waals surface area contributed by atoms with E-state index in [0.29, 0.717) is 11.3 Å². The lowest BCUT2D eigenvalue weighted by atomic mass is 9.97. The molecule has 0 aliphatic rings. The van der Waals surface area contributed by atoms with E-state index in [1.807, 2.05) is 0 Å². The topological polar surface area (TPSA) is 92.0 Å². The molecule has 0 aliphatic heterocycles. The molecule has 0 atom stereocenters. The van der Waals surface area contributed by atoms with Crippen LogP contribution in [0.5, 0.6) is 17.2 Å². The second kappa shape index (κ2) is 7.79. The maximum Gasteiger partial charge on any atom is 0.337 e. The Labute approximate surface area is 166 Å². The van der Waals surface area contributed by atoms with Crippen LogP contribution in [0.4, 0.5) is 0 Å². The number of fused-ring (bicyclic) bond motifs is 1. The minimum atomic E-state index is -0.656. The van der Waals surface area contributed by atoms with E-state index in [2.05, 4.69) is 4.74 Å².